The summed E-state index contributed by atoms with van der Waals surface area (Å²) in [5, 5.41) is 0. The van der Waals surface area contributed by atoms with Crippen molar-refractivity contribution in [3.63, 3.8) is 0 Å². The Morgan fingerprint density at radius 1 is 0.960 bits per heavy atom. The number of esters is 1. The minimum absolute atomic E-state index is 0.0404. The molecule has 1 atom stereocenters. The van der Waals surface area contributed by atoms with Gasteiger partial charge in [-0.3, -0.25) is 9.35 Å². The first-order chi connectivity index (χ1) is 11.8. The van der Waals surface area contributed by atoms with Gasteiger partial charge in [0.25, 0.3) is 10.1 Å². The average Bonchev–Trinajstić information content (AvgIpc) is 2.52. The van der Waals surface area contributed by atoms with Gasteiger partial charge in [-0.15, -0.1) is 0 Å². The number of hydrogen-bond acceptors (Lipinski definition) is 6. The van der Waals surface area contributed by atoms with Crippen LogP contribution in [0.2, 0.25) is 0 Å². The minimum Gasteiger partial charge on any atom is -0.460 e. The van der Waals surface area contributed by atoms with Gasteiger partial charge in [-0.25, -0.2) is 0 Å². The molecule has 0 saturated carbocycles. The fourth-order valence-corrected chi connectivity index (χ4v) is 2.58. The number of unbranched alkanes of at least 4 members (excludes halogenated alkanes) is 7. The molecule has 0 aromatic carbocycles. The van der Waals surface area contributed by atoms with Crippen LogP contribution in [-0.4, -0.2) is 50.8 Å². The third-order valence-corrected chi connectivity index (χ3v) is 3.99. The lowest BCUT2D eigenvalue weighted by molar-refractivity contribution is -0.151. The third kappa shape index (κ3) is 19.5. The van der Waals surface area contributed by atoms with E-state index in [9.17, 15) is 13.2 Å². The van der Waals surface area contributed by atoms with Gasteiger partial charge in [0.15, 0.2) is 5.94 Å². The fourth-order valence-electron chi connectivity index (χ4n) is 2.25. The summed E-state index contributed by atoms with van der Waals surface area (Å²) in [6, 6.07) is 0. The van der Waals surface area contributed by atoms with Crippen LogP contribution in [0.1, 0.15) is 71.6 Å². The van der Waals surface area contributed by atoms with E-state index in [-0.39, 0.29) is 31.9 Å². The number of rotatable bonds is 17. The van der Waals surface area contributed by atoms with E-state index < -0.39 is 16.1 Å². The van der Waals surface area contributed by atoms with Crippen molar-refractivity contribution in [3.05, 3.63) is 0 Å². The van der Waals surface area contributed by atoms with Crippen LogP contribution in [0.3, 0.4) is 0 Å². The van der Waals surface area contributed by atoms with Crippen LogP contribution in [-0.2, 0) is 29.1 Å². The SMILES string of the molecule is CCCCCCCCCCC(=O)OC(C)COCCOCS(=O)(=O)O. The average molecular weight is 383 g/mol. The molecule has 1 N–H and O–H groups in total. The topological polar surface area (TPSA) is 99.1 Å². The standard InChI is InChI=1S/C17H34O7S/c1-3-4-5-6-7-8-9-10-11-17(18)24-16(2)14-22-12-13-23-15-25(19,20)21/h16H,3-15H2,1-2H3,(H,19,20,21). The molecule has 0 saturated heterocycles. The van der Waals surface area contributed by atoms with Gasteiger partial charge in [0, 0.05) is 6.42 Å². The largest absolute Gasteiger partial charge is 0.460 e. The molecule has 7 nitrogen and oxygen atoms in total. The molecule has 0 aliphatic carbocycles. The Labute approximate surface area is 152 Å². The first-order valence-electron chi connectivity index (χ1n) is 9.15. The Kier molecular flexibility index (Phi) is 15.1. The Bertz CT molecular complexity index is 423. The smallest absolute Gasteiger partial charge is 0.306 e. The number of carbonyl (C=O) groups is 1. The van der Waals surface area contributed by atoms with Gasteiger partial charge in [-0.1, -0.05) is 51.9 Å². The zero-order valence-electron chi connectivity index (χ0n) is 15.6. The summed E-state index contributed by atoms with van der Waals surface area (Å²) in [6.07, 6.45) is 9.51. The first kappa shape index (κ1) is 24.3. The molecule has 0 bridgehead atoms. The highest BCUT2D eigenvalue weighted by atomic mass is 32.2. The quantitative estimate of drug-likeness (QED) is 0.234. The van der Waals surface area contributed by atoms with E-state index in [4.69, 9.17) is 18.8 Å². The molecule has 0 spiro atoms. The third-order valence-electron chi connectivity index (χ3n) is 3.52. The van der Waals surface area contributed by atoms with Gasteiger partial charge in [0.05, 0.1) is 19.8 Å². The van der Waals surface area contributed by atoms with E-state index in [0.29, 0.717) is 6.42 Å². The van der Waals surface area contributed by atoms with Crippen molar-refractivity contribution in [1.82, 2.24) is 0 Å². The molecule has 0 heterocycles. The van der Waals surface area contributed by atoms with Crippen molar-refractivity contribution in [2.45, 2.75) is 77.7 Å². The zero-order chi connectivity index (χ0) is 19.0. The lowest BCUT2D eigenvalue weighted by atomic mass is 10.1. The molecule has 0 radical (unpaired) electrons. The van der Waals surface area contributed by atoms with E-state index in [1.807, 2.05) is 0 Å². The summed E-state index contributed by atoms with van der Waals surface area (Å²) in [6.45, 7) is 4.37. The van der Waals surface area contributed by atoms with Gasteiger partial charge in [-0.2, -0.15) is 8.42 Å². The molecule has 0 aliphatic heterocycles. The number of carbonyl (C=O) groups excluding carboxylic acids is 1. The van der Waals surface area contributed by atoms with Crippen LogP contribution in [0.5, 0.6) is 0 Å². The molecule has 8 heteroatoms. The van der Waals surface area contributed by atoms with Crippen molar-refractivity contribution < 1.29 is 32.0 Å². The Morgan fingerprint density at radius 3 is 2.12 bits per heavy atom. The van der Waals surface area contributed by atoms with Crippen molar-refractivity contribution in [2.24, 2.45) is 0 Å². The highest BCUT2D eigenvalue weighted by molar-refractivity contribution is 7.85. The molecule has 0 rings (SSSR count). The molecule has 25 heavy (non-hydrogen) atoms. The summed E-state index contributed by atoms with van der Waals surface area (Å²) in [5.41, 5.74) is 0. The van der Waals surface area contributed by atoms with Crippen molar-refractivity contribution in [2.75, 3.05) is 25.8 Å². The predicted octanol–water partition coefficient (Wildman–Crippen LogP) is 3.33. The monoisotopic (exact) mass is 382 g/mol. The van der Waals surface area contributed by atoms with Crippen LogP contribution in [0.4, 0.5) is 0 Å². The zero-order valence-corrected chi connectivity index (χ0v) is 16.4. The molecule has 150 valence electrons. The van der Waals surface area contributed by atoms with E-state index in [1.54, 1.807) is 6.92 Å². The maximum absolute atomic E-state index is 11.7. The number of ether oxygens (including phenoxy) is 3. The van der Waals surface area contributed by atoms with Gasteiger partial charge in [-0.05, 0) is 13.3 Å². The maximum Gasteiger partial charge on any atom is 0.306 e. The van der Waals surface area contributed by atoms with Gasteiger partial charge in [0.2, 0.25) is 0 Å². The second-order valence-corrected chi connectivity index (χ2v) is 7.61. The molecule has 0 fully saturated rings. The molecular formula is C17H34O7S. The van der Waals surface area contributed by atoms with Gasteiger partial charge in [0.1, 0.15) is 6.10 Å². The molecular weight excluding hydrogens is 348 g/mol. The lowest BCUT2D eigenvalue weighted by Crippen LogP contribution is -2.21. The Morgan fingerprint density at radius 2 is 1.52 bits per heavy atom. The highest BCUT2D eigenvalue weighted by Crippen LogP contribution is 2.10. The van der Waals surface area contributed by atoms with E-state index in [2.05, 4.69) is 6.92 Å². The van der Waals surface area contributed by atoms with Gasteiger partial charge >= 0.3 is 5.97 Å². The summed E-state index contributed by atoms with van der Waals surface area (Å²) < 4.78 is 44.4. The normalized spacial score (nSPS) is 12.9. The van der Waals surface area contributed by atoms with Gasteiger partial charge < -0.3 is 14.2 Å². The predicted molar refractivity (Wildman–Crippen MR) is 96.0 cm³/mol. The van der Waals surface area contributed by atoms with Crippen LogP contribution in [0, 0.1) is 0 Å². The first-order valence-corrected chi connectivity index (χ1v) is 10.8. The van der Waals surface area contributed by atoms with Crippen LogP contribution < -0.4 is 0 Å². The molecule has 0 amide bonds. The second kappa shape index (κ2) is 15.5. The fraction of sp³-hybridized carbons (Fsp3) is 0.941. The van der Waals surface area contributed by atoms with E-state index in [0.717, 1.165) is 12.8 Å². The number of hydrogen-bond donors (Lipinski definition) is 1. The molecule has 1 unspecified atom stereocenters. The Balaban J connectivity index is 3.44. The highest BCUT2D eigenvalue weighted by Gasteiger charge is 2.10. The molecule has 0 aliphatic rings. The molecule has 0 aromatic heterocycles. The maximum atomic E-state index is 11.7. The lowest BCUT2D eigenvalue weighted by Gasteiger charge is -2.13. The van der Waals surface area contributed by atoms with Crippen LogP contribution in [0.15, 0.2) is 0 Å². The second-order valence-electron chi connectivity index (χ2n) is 6.21. The van der Waals surface area contributed by atoms with Crippen LogP contribution in [0.25, 0.3) is 0 Å². The van der Waals surface area contributed by atoms with E-state index in [1.165, 1.54) is 38.5 Å². The van der Waals surface area contributed by atoms with Crippen molar-refractivity contribution in [1.29, 1.82) is 0 Å². The summed E-state index contributed by atoms with van der Waals surface area (Å²) in [4.78, 5) is 11.7. The molecule has 0 aromatic rings. The van der Waals surface area contributed by atoms with Crippen molar-refractivity contribution in [3.8, 4) is 0 Å². The summed E-state index contributed by atoms with van der Waals surface area (Å²) in [5.74, 6) is -0.968. The van der Waals surface area contributed by atoms with E-state index >= 15 is 0 Å². The Hall–Kier alpha value is -0.700. The van der Waals surface area contributed by atoms with Crippen LogP contribution >= 0.6 is 0 Å². The minimum atomic E-state index is -4.11. The summed E-state index contributed by atoms with van der Waals surface area (Å²) in [7, 11) is -4.11. The van der Waals surface area contributed by atoms with Crippen molar-refractivity contribution >= 4 is 16.1 Å². The summed E-state index contributed by atoms with van der Waals surface area (Å²) >= 11 is 0.